The van der Waals surface area contributed by atoms with Crippen molar-refractivity contribution in [2.45, 2.75) is 65.3 Å². The van der Waals surface area contributed by atoms with Gasteiger partial charge in [0.1, 0.15) is 5.70 Å². The second kappa shape index (κ2) is 8.06. The first-order valence-corrected chi connectivity index (χ1v) is 7.18. The zero-order valence-electron chi connectivity index (χ0n) is 11.9. The number of nitrogens with zero attached hydrogens (tertiary/aromatic N) is 1. The average molecular weight is 250 g/mol. The third kappa shape index (κ3) is 5.03. The van der Waals surface area contributed by atoms with E-state index >= 15 is 0 Å². The van der Waals surface area contributed by atoms with Crippen LogP contribution in [0.1, 0.15) is 59.3 Å². The van der Waals surface area contributed by atoms with Crippen LogP contribution in [0.25, 0.3) is 0 Å². The highest BCUT2D eigenvalue weighted by molar-refractivity contribution is 5.94. The number of carbonyl (C=O) groups excluding carboxylic acids is 1. The summed E-state index contributed by atoms with van der Waals surface area (Å²) in [6.45, 7) is 6.09. The number of carbonyl (C=O) groups is 1. The summed E-state index contributed by atoms with van der Waals surface area (Å²) in [4.78, 5) is 16.4. The molecule has 0 heterocycles. The number of hydrogen-bond acceptors (Lipinski definition) is 2. The van der Waals surface area contributed by atoms with Gasteiger partial charge in [-0.05, 0) is 32.1 Å². The van der Waals surface area contributed by atoms with Gasteiger partial charge < -0.3 is 5.32 Å². The second-order valence-corrected chi connectivity index (χ2v) is 5.15. The first-order chi connectivity index (χ1) is 8.67. The smallest absolute Gasteiger partial charge is 0.269 e. The van der Waals surface area contributed by atoms with Gasteiger partial charge in [0.25, 0.3) is 5.91 Å². The second-order valence-electron chi connectivity index (χ2n) is 5.15. The van der Waals surface area contributed by atoms with E-state index in [9.17, 15) is 4.79 Å². The summed E-state index contributed by atoms with van der Waals surface area (Å²) < 4.78 is 0. The van der Waals surface area contributed by atoms with Crippen LogP contribution >= 0.6 is 0 Å². The molecule has 1 fully saturated rings. The molecule has 0 saturated heterocycles. The van der Waals surface area contributed by atoms with E-state index in [4.69, 9.17) is 0 Å². The van der Waals surface area contributed by atoms with E-state index in [2.05, 4.69) is 24.2 Å². The molecule has 0 radical (unpaired) electrons. The van der Waals surface area contributed by atoms with Crippen LogP contribution in [0.4, 0.5) is 0 Å². The van der Waals surface area contributed by atoms with E-state index in [1.807, 2.05) is 13.1 Å². The molecule has 3 heteroatoms. The molecule has 0 spiro atoms. The van der Waals surface area contributed by atoms with Crippen LogP contribution in [-0.4, -0.2) is 18.2 Å². The van der Waals surface area contributed by atoms with Gasteiger partial charge >= 0.3 is 0 Å². The molecule has 102 valence electrons. The minimum absolute atomic E-state index is 0.0241. The van der Waals surface area contributed by atoms with Gasteiger partial charge in [-0.3, -0.25) is 9.79 Å². The van der Waals surface area contributed by atoms with Gasteiger partial charge in [0.05, 0.1) is 0 Å². The topological polar surface area (TPSA) is 41.5 Å². The summed E-state index contributed by atoms with van der Waals surface area (Å²) in [6.07, 6.45) is 10.7. The van der Waals surface area contributed by atoms with Crippen molar-refractivity contribution in [3.8, 4) is 0 Å². The van der Waals surface area contributed by atoms with Crippen LogP contribution < -0.4 is 5.32 Å². The molecule has 1 unspecified atom stereocenters. The average Bonchev–Trinajstić information content (AvgIpc) is 2.40. The lowest BCUT2D eigenvalue weighted by molar-refractivity contribution is -0.118. The maximum absolute atomic E-state index is 12.1. The van der Waals surface area contributed by atoms with E-state index in [0.29, 0.717) is 17.7 Å². The minimum Gasteiger partial charge on any atom is -0.348 e. The first kappa shape index (κ1) is 14.9. The van der Waals surface area contributed by atoms with Crippen LogP contribution in [0, 0.1) is 5.92 Å². The molecular weight excluding hydrogens is 224 g/mol. The quantitative estimate of drug-likeness (QED) is 0.589. The Hall–Kier alpha value is -1.12. The zero-order valence-corrected chi connectivity index (χ0v) is 11.9. The molecule has 1 aliphatic rings. The maximum atomic E-state index is 12.1. The SMILES string of the molecule is C/C=C(\N=CC(C)CC)C(=O)NC1CCCCC1. The van der Waals surface area contributed by atoms with Crippen molar-refractivity contribution in [1.82, 2.24) is 5.32 Å². The fraction of sp³-hybridized carbons (Fsp3) is 0.733. The lowest BCUT2D eigenvalue weighted by Gasteiger charge is -2.22. The van der Waals surface area contributed by atoms with Crippen molar-refractivity contribution in [1.29, 1.82) is 0 Å². The fourth-order valence-corrected chi connectivity index (χ4v) is 2.08. The highest BCUT2D eigenvalue weighted by Crippen LogP contribution is 2.17. The molecule has 1 atom stereocenters. The van der Waals surface area contributed by atoms with Crippen LogP contribution in [0.3, 0.4) is 0 Å². The predicted molar refractivity (Wildman–Crippen MR) is 76.7 cm³/mol. The highest BCUT2D eigenvalue weighted by Gasteiger charge is 2.17. The van der Waals surface area contributed by atoms with Crippen molar-refractivity contribution in [3.63, 3.8) is 0 Å². The molecule has 0 aromatic rings. The van der Waals surface area contributed by atoms with E-state index in [-0.39, 0.29) is 5.91 Å². The number of aliphatic imine (C=N–C) groups is 1. The van der Waals surface area contributed by atoms with E-state index in [1.54, 1.807) is 6.08 Å². The Kier molecular flexibility index (Phi) is 6.69. The molecule has 3 nitrogen and oxygen atoms in total. The predicted octanol–water partition coefficient (Wildman–Crippen LogP) is 3.46. The fourth-order valence-electron chi connectivity index (χ4n) is 2.08. The molecule has 1 aliphatic carbocycles. The van der Waals surface area contributed by atoms with Crippen LogP contribution in [0.15, 0.2) is 16.8 Å². The van der Waals surface area contributed by atoms with Gasteiger partial charge in [0, 0.05) is 12.3 Å². The standard InChI is InChI=1S/C15H26N2O/c1-4-12(3)11-16-14(5-2)15(18)17-13-9-7-6-8-10-13/h5,11-13H,4,6-10H2,1-3H3,(H,17,18)/b14-5-,16-11?. The summed E-state index contributed by atoms with van der Waals surface area (Å²) >= 11 is 0. The Balaban J connectivity index is 2.49. The zero-order chi connectivity index (χ0) is 13.4. The Morgan fingerprint density at radius 2 is 2.06 bits per heavy atom. The number of allylic oxidation sites excluding steroid dienone is 1. The molecule has 0 aromatic carbocycles. The van der Waals surface area contributed by atoms with Crippen molar-refractivity contribution >= 4 is 12.1 Å². The molecule has 0 aliphatic heterocycles. The monoisotopic (exact) mass is 250 g/mol. The van der Waals surface area contributed by atoms with Gasteiger partial charge in [-0.15, -0.1) is 0 Å². The summed E-state index contributed by atoms with van der Waals surface area (Å²) in [5, 5.41) is 3.09. The maximum Gasteiger partial charge on any atom is 0.269 e. The van der Waals surface area contributed by atoms with Crippen molar-refractivity contribution in [2.75, 3.05) is 0 Å². The van der Waals surface area contributed by atoms with Crippen molar-refractivity contribution in [3.05, 3.63) is 11.8 Å². The molecule has 1 rings (SSSR count). The molecule has 1 saturated carbocycles. The van der Waals surface area contributed by atoms with Crippen molar-refractivity contribution < 1.29 is 4.79 Å². The van der Waals surface area contributed by atoms with Gasteiger partial charge in [-0.1, -0.05) is 39.2 Å². The summed E-state index contributed by atoms with van der Waals surface area (Å²) in [6, 6.07) is 0.347. The van der Waals surface area contributed by atoms with E-state index in [1.165, 1.54) is 19.3 Å². The van der Waals surface area contributed by atoms with Gasteiger partial charge in [-0.2, -0.15) is 0 Å². The molecule has 18 heavy (non-hydrogen) atoms. The lowest BCUT2D eigenvalue weighted by Crippen LogP contribution is -2.36. The Labute approximate surface area is 111 Å². The third-order valence-electron chi connectivity index (χ3n) is 3.56. The molecule has 1 amide bonds. The van der Waals surface area contributed by atoms with E-state index in [0.717, 1.165) is 19.3 Å². The van der Waals surface area contributed by atoms with Crippen LogP contribution in [0.5, 0.6) is 0 Å². The highest BCUT2D eigenvalue weighted by atomic mass is 16.2. The molecule has 1 N–H and O–H groups in total. The summed E-state index contributed by atoms with van der Waals surface area (Å²) in [5.41, 5.74) is 0.542. The molecule has 0 bridgehead atoms. The van der Waals surface area contributed by atoms with Crippen LogP contribution in [-0.2, 0) is 4.79 Å². The Morgan fingerprint density at radius 3 is 2.61 bits per heavy atom. The van der Waals surface area contributed by atoms with Crippen molar-refractivity contribution in [2.24, 2.45) is 10.9 Å². The first-order valence-electron chi connectivity index (χ1n) is 7.18. The van der Waals surface area contributed by atoms with E-state index < -0.39 is 0 Å². The molecule has 0 aromatic heterocycles. The lowest BCUT2D eigenvalue weighted by atomic mass is 9.95. The van der Waals surface area contributed by atoms with Crippen LogP contribution in [0.2, 0.25) is 0 Å². The Morgan fingerprint density at radius 1 is 1.39 bits per heavy atom. The number of amides is 1. The minimum atomic E-state index is -0.0241. The van der Waals surface area contributed by atoms with Gasteiger partial charge in [0.15, 0.2) is 0 Å². The third-order valence-corrected chi connectivity index (χ3v) is 3.56. The number of nitrogens with one attached hydrogen (secondary N) is 1. The largest absolute Gasteiger partial charge is 0.348 e. The summed E-state index contributed by atoms with van der Waals surface area (Å²) in [7, 11) is 0. The number of rotatable bonds is 5. The normalized spacial score (nSPS) is 20.1. The van der Waals surface area contributed by atoms with Gasteiger partial charge in [0.2, 0.25) is 0 Å². The Bertz CT molecular complexity index is 314. The summed E-state index contributed by atoms with van der Waals surface area (Å²) in [5.74, 6) is 0.395. The molecular formula is C15H26N2O. The van der Waals surface area contributed by atoms with Gasteiger partial charge in [-0.25, -0.2) is 0 Å². The number of hydrogen-bond donors (Lipinski definition) is 1.